The maximum Gasteiger partial charge on any atom is 0.171 e. The Labute approximate surface area is 90.7 Å². The maximum atomic E-state index is 5.66. The van der Waals surface area contributed by atoms with E-state index < -0.39 is 0 Å². The summed E-state index contributed by atoms with van der Waals surface area (Å²) >= 11 is 0. The average Bonchev–Trinajstić information content (AvgIpc) is 2.33. The molecule has 0 aromatic carbocycles. The van der Waals surface area contributed by atoms with Gasteiger partial charge < -0.3 is 11.1 Å². The first-order valence-electron chi connectivity index (χ1n) is 3.84. The van der Waals surface area contributed by atoms with Gasteiger partial charge in [0.2, 0.25) is 0 Å². The van der Waals surface area contributed by atoms with Gasteiger partial charge in [0.05, 0.1) is 11.9 Å². The van der Waals surface area contributed by atoms with Crippen LogP contribution in [-0.2, 0) is 6.54 Å². The fourth-order valence-electron chi connectivity index (χ4n) is 0.904. The quantitative estimate of drug-likeness (QED) is 0.827. The van der Waals surface area contributed by atoms with Crippen LogP contribution in [0, 0.1) is 0 Å². The molecule has 1 aromatic heterocycles. The second-order valence-electron chi connectivity index (χ2n) is 2.32. The van der Waals surface area contributed by atoms with Gasteiger partial charge in [0, 0.05) is 13.1 Å². The summed E-state index contributed by atoms with van der Waals surface area (Å²) in [4.78, 5) is 0. The molecule has 78 valence electrons. The van der Waals surface area contributed by atoms with Crippen LogP contribution in [0.3, 0.4) is 0 Å². The average molecular weight is 227 g/mol. The van der Waals surface area contributed by atoms with Crippen molar-refractivity contribution in [3.63, 3.8) is 0 Å². The van der Waals surface area contributed by atoms with Crippen LogP contribution >= 0.6 is 24.8 Å². The van der Waals surface area contributed by atoms with Crippen LogP contribution in [0.2, 0.25) is 0 Å². The van der Waals surface area contributed by atoms with Crippen LogP contribution < -0.4 is 11.1 Å². The summed E-state index contributed by atoms with van der Waals surface area (Å²) in [6.45, 7) is 5.76. The van der Waals surface area contributed by atoms with E-state index in [1.54, 1.807) is 0 Å². The van der Waals surface area contributed by atoms with E-state index in [0.717, 1.165) is 18.9 Å². The minimum Gasteiger partial charge on any atom is -0.394 e. The highest BCUT2D eigenvalue weighted by molar-refractivity contribution is 5.85. The first kappa shape index (κ1) is 14.9. The number of aryl methyl sites for hydroxylation is 1. The van der Waals surface area contributed by atoms with E-state index in [4.69, 9.17) is 5.73 Å². The molecule has 0 atom stereocenters. The molecule has 0 aliphatic heterocycles. The summed E-state index contributed by atoms with van der Waals surface area (Å²) in [7, 11) is 0. The second kappa shape index (κ2) is 6.86. The van der Waals surface area contributed by atoms with Crippen molar-refractivity contribution in [1.82, 2.24) is 9.78 Å². The van der Waals surface area contributed by atoms with Crippen molar-refractivity contribution in [2.75, 3.05) is 17.6 Å². The van der Waals surface area contributed by atoms with Crippen molar-refractivity contribution in [3.05, 3.63) is 6.20 Å². The molecule has 0 unspecified atom stereocenters. The molecule has 0 fully saturated rings. The fourth-order valence-corrected chi connectivity index (χ4v) is 0.904. The molecule has 3 N–H and O–H groups in total. The third-order valence-electron chi connectivity index (χ3n) is 1.46. The molecule has 1 heterocycles. The summed E-state index contributed by atoms with van der Waals surface area (Å²) in [5, 5.41) is 7.27. The third-order valence-corrected chi connectivity index (χ3v) is 1.46. The minimum absolute atomic E-state index is 0. The highest BCUT2D eigenvalue weighted by atomic mass is 35.5. The van der Waals surface area contributed by atoms with Gasteiger partial charge in [-0.05, 0) is 13.8 Å². The van der Waals surface area contributed by atoms with Crippen molar-refractivity contribution in [1.29, 1.82) is 0 Å². The topological polar surface area (TPSA) is 55.9 Å². The van der Waals surface area contributed by atoms with E-state index >= 15 is 0 Å². The Morgan fingerprint density at radius 3 is 2.46 bits per heavy atom. The van der Waals surface area contributed by atoms with Crippen LogP contribution in [0.15, 0.2) is 6.20 Å². The first-order valence-corrected chi connectivity index (χ1v) is 3.84. The molecule has 0 spiro atoms. The maximum absolute atomic E-state index is 5.66. The molecule has 4 nitrogen and oxygen atoms in total. The van der Waals surface area contributed by atoms with Gasteiger partial charge in [-0.1, -0.05) is 0 Å². The summed E-state index contributed by atoms with van der Waals surface area (Å²) in [6.07, 6.45) is 1.83. The number of nitrogens with two attached hydrogens (primary N) is 1. The van der Waals surface area contributed by atoms with Crippen molar-refractivity contribution >= 4 is 36.3 Å². The third kappa shape index (κ3) is 3.74. The van der Waals surface area contributed by atoms with Gasteiger partial charge >= 0.3 is 0 Å². The van der Waals surface area contributed by atoms with Crippen LogP contribution in [0.1, 0.15) is 13.8 Å². The predicted molar refractivity (Wildman–Crippen MR) is 61.0 cm³/mol. The fraction of sp³-hybridized carbons (Fsp3) is 0.571. The van der Waals surface area contributed by atoms with E-state index in [2.05, 4.69) is 10.4 Å². The monoisotopic (exact) mass is 226 g/mol. The number of halogens is 2. The highest BCUT2D eigenvalue weighted by Crippen LogP contribution is 2.13. The number of hydrogen-bond acceptors (Lipinski definition) is 3. The Bertz CT molecular complexity index is 236. The van der Waals surface area contributed by atoms with Gasteiger partial charge in [0.15, 0.2) is 5.82 Å². The molecule has 13 heavy (non-hydrogen) atoms. The van der Waals surface area contributed by atoms with E-state index in [1.807, 2.05) is 24.7 Å². The largest absolute Gasteiger partial charge is 0.394 e. The number of rotatable bonds is 3. The van der Waals surface area contributed by atoms with Gasteiger partial charge in [0.1, 0.15) is 0 Å². The molecule has 1 aromatic rings. The standard InChI is InChI=1S/C7H14N4.2ClH/c1-3-9-7-6(8)5-11(4-2)10-7;;/h5H,3-4,8H2,1-2H3,(H,9,10);2*1H. The molecule has 0 radical (unpaired) electrons. The number of aromatic nitrogens is 2. The number of nitrogens with one attached hydrogen (secondary N) is 1. The Hall–Kier alpha value is -0.610. The van der Waals surface area contributed by atoms with Crippen molar-refractivity contribution in [2.45, 2.75) is 20.4 Å². The molecular weight excluding hydrogens is 211 g/mol. The van der Waals surface area contributed by atoms with Gasteiger partial charge in [-0.15, -0.1) is 24.8 Å². The SMILES string of the molecule is CCNc1nn(CC)cc1N.Cl.Cl. The van der Waals surface area contributed by atoms with E-state index in [9.17, 15) is 0 Å². The summed E-state index contributed by atoms with van der Waals surface area (Å²) in [5.41, 5.74) is 6.37. The van der Waals surface area contributed by atoms with Crippen molar-refractivity contribution in [3.8, 4) is 0 Å². The summed E-state index contributed by atoms with van der Waals surface area (Å²) < 4.78 is 1.81. The zero-order valence-corrected chi connectivity index (χ0v) is 9.41. The Morgan fingerprint density at radius 1 is 1.46 bits per heavy atom. The highest BCUT2D eigenvalue weighted by Gasteiger charge is 2.01. The summed E-state index contributed by atoms with van der Waals surface area (Å²) in [6, 6.07) is 0. The Balaban J connectivity index is 0. The van der Waals surface area contributed by atoms with Gasteiger partial charge in [-0.2, -0.15) is 5.10 Å². The number of hydrogen-bond donors (Lipinski definition) is 2. The Morgan fingerprint density at radius 2 is 2.08 bits per heavy atom. The van der Waals surface area contributed by atoms with Crippen molar-refractivity contribution < 1.29 is 0 Å². The van der Waals surface area contributed by atoms with Gasteiger partial charge in [-0.3, -0.25) is 4.68 Å². The van der Waals surface area contributed by atoms with E-state index in [0.29, 0.717) is 5.69 Å². The van der Waals surface area contributed by atoms with E-state index in [-0.39, 0.29) is 24.8 Å². The van der Waals surface area contributed by atoms with Gasteiger partial charge in [0.25, 0.3) is 0 Å². The van der Waals surface area contributed by atoms with Crippen LogP contribution in [0.5, 0.6) is 0 Å². The molecule has 0 amide bonds. The normalized spacial score (nSPS) is 8.46. The van der Waals surface area contributed by atoms with Crippen LogP contribution in [0.25, 0.3) is 0 Å². The number of nitrogens with zero attached hydrogens (tertiary/aromatic N) is 2. The molecular formula is C7H16Cl2N4. The predicted octanol–water partition coefficient (Wildman–Crippen LogP) is 1.76. The Kier molecular flexibility index (Phi) is 7.85. The lowest BCUT2D eigenvalue weighted by Crippen LogP contribution is -2.01. The van der Waals surface area contributed by atoms with Gasteiger partial charge in [-0.25, -0.2) is 0 Å². The molecule has 6 heteroatoms. The molecule has 0 bridgehead atoms. The smallest absolute Gasteiger partial charge is 0.171 e. The number of nitrogen functional groups attached to an aromatic ring is 1. The zero-order valence-electron chi connectivity index (χ0n) is 7.78. The lowest BCUT2D eigenvalue weighted by molar-refractivity contribution is 0.661. The summed E-state index contributed by atoms with van der Waals surface area (Å²) in [5.74, 6) is 0.786. The first-order chi connectivity index (χ1) is 5.27. The molecule has 0 saturated heterocycles. The molecule has 0 aliphatic rings. The lowest BCUT2D eigenvalue weighted by atomic mass is 10.5. The van der Waals surface area contributed by atoms with Crippen LogP contribution in [-0.4, -0.2) is 16.3 Å². The van der Waals surface area contributed by atoms with E-state index in [1.165, 1.54) is 0 Å². The second-order valence-corrected chi connectivity index (χ2v) is 2.32. The molecule has 0 aliphatic carbocycles. The zero-order chi connectivity index (χ0) is 8.27. The molecule has 0 saturated carbocycles. The number of anilines is 2. The lowest BCUT2D eigenvalue weighted by Gasteiger charge is -1.97. The minimum atomic E-state index is 0. The molecule has 1 rings (SSSR count). The van der Waals surface area contributed by atoms with Crippen LogP contribution in [0.4, 0.5) is 11.5 Å². The van der Waals surface area contributed by atoms with Crippen molar-refractivity contribution in [2.24, 2.45) is 0 Å².